The number of rotatable bonds is 4. The third-order valence-corrected chi connectivity index (χ3v) is 5.77. The predicted octanol–water partition coefficient (Wildman–Crippen LogP) is 3.43. The third kappa shape index (κ3) is 3.56. The smallest absolute Gasteiger partial charge is 0.186 e. The molecule has 26 heavy (non-hydrogen) atoms. The number of aromatic nitrogens is 1. The summed E-state index contributed by atoms with van der Waals surface area (Å²) in [7, 11) is 0. The summed E-state index contributed by atoms with van der Waals surface area (Å²) < 4.78 is 28.3. The fourth-order valence-electron chi connectivity index (χ4n) is 3.23. The maximum Gasteiger partial charge on any atom is 0.186 e. The molecule has 0 radical (unpaired) electrons. The largest absolute Gasteiger partial charge is 0.387 e. The number of thiazole rings is 1. The second-order valence-electron chi connectivity index (χ2n) is 6.43. The summed E-state index contributed by atoms with van der Waals surface area (Å²) >= 11 is 1.68. The second-order valence-corrected chi connectivity index (χ2v) is 7.44. The third-order valence-electron chi connectivity index (χ3n) is 4.67. The molecular weight excluding hydrogens is 356 g/mol. The average molecular weight is 375 g/mol. The van der Waals surface area contributed by atoms with Crippen LogP contribution in [0.3, 0.4) is 0 Å². The van der Waals surface area contributed by atoms with Crippen molar-refractivity contribution in [1.29, 1.82) is 0 Å². The number of β-amino-alcohol motifs (C(OH)–C–C–N with tert-alkyl or cyclic N) is 1. The molecule has 7 heteroatoms. The highest BCUT2D eigenvalue weighted by atomic mass is 32.1. The molecule has 0 amide bonds. The number of halogens is 2. The van der Waals surface area contributed by atoms with E-state index < -0.39 is 17.7 Å². The number of aliphatic hydroxyl groups excluding tert-OH is 1. The standard InChI is InChI=1S/C19H19F2N3OS/c20-13-5-6-15(21)14(11-13)17(25)12-23-7-9-24(10-8-23)19-22-16-3-1-2-4-18(16)26-19/h1-6,11,17,25H,7-10,12H2. The van der Waals surface area contributed by atoms with Crippen LogP contribution >= 0.6 is 11.3 Å². The van der Waals surface area contributed by atoms with E-state index in [9.17, 15) is 13.9 Å². The first-order valence-corrected chi connectivity index (χ1v) is 9.38. The van der Waals surface area contributed by atoms with Gasteiger partial charge in [-0.15, -0.1) is 0 Å². The van der Waals surface area contributed by atoms with E-state index in [1.54, 1.807) is 11.3 Å². The lowest BCUT2D eigenvalue weighted by Crippen LogP contribution is -2.47. The Kier molecular flexibility index (Phi) is 4.84. The Balaban J connectivity index is 1.38. The van der Waals surface area contributed by atoms with E-state index in [1.165, 1.54) is 4.70 Å². The fourth-order valence-corrected chi connectivity index (χ4v) is 4.25. The Hall–Kier alpha value is -2.09. The number of hydrogen-bond acceptors (Lipinski definition) is 5. The van der Waals surface area contributed by atoms with Crippen molar-refractivity contribution in [1.82, 2.24) is 9.88 Å². The Labute approximate surface area is 154 Å². The van der Waals surface area contributed by atoms with Crippen LogP contribution in [-0.2, 0) is 0 Å². The molecule has 1 saturated heterocycles. The lowest BCUT2D eigenvalue weighted by Gasteiger charge is -2.35. The number of benzene rings is 2. The van der Waals surface area contributed by atoms with Crippen LogP contribution in [0.15, 0.2) is 42.5 Å². The lowest BCUT2D eigenvalue weighted by atomic mass is 10.1. The van der Waals surface area contributed by atoms with Crippen LogP contribution in [0.4, 0.5) is 13.9 Å². The van der Waals surface area contributed by atoms with Crippen molar-refractivity contribution in [2.45, 2.75) is 6.10 Å². The Bertz CT molecular complexity index is 876. The number of aliphatic hydroxyl groups is 1. The summed E-state index contributed by atoms with van der Waals surface area (Å²) in [6.45, 7) is 3.35. The van der Waals surface area contributed by atoms with E-state index >= 15 is 0 Å². The maximum atomic E-state index is 13.8. The molecule has 136 valence electrons. The molecule has 3 aromatic rings. The first-order chi connectivity index (χ1) is 12.6. The average Bonchev–Trinajstić information content (AvgIpc) is 3.08. The highest BCUT2D eigenvalue weighted by Crippen LogP contribution is 2.29. The zero-order chi connectivity index (χ0) is 18.1. The molecule has 4 rings (SSSR count). The zero-order valence-corrected chi connectivity index (χ0v) is 14.9. The van der Waals surface area contributed by atoms with Crippen molar-refractivity contribution in [3.8, 4) is 0 Å². The predicted molar refractivity (Wildman–Crippen MR) is 99.6 cm³/mol. The monoisotopic (exact) mass is 375 g/mol. The van der Waals surface area contributed by atoms with Gasteiger partial charge in [0.25, 0.3) is 0 Å². The topological polar surface area (TPSA) is 39.6 Å². The number of hydrogen-bond donors (Lipinski definition) is 1. The van der Waals surface area contributed by atoms with E-state index in [2.05, 4.69) is 20.9 Å². The molecule has 2 heterocycles. The fraction of sp³-hybridized carbons (Fsp3) is 0.316. The number of fused-ring (bicyclic) bond motifs is 1. The van der Waals surface area contributed by atoms with Gasteiger partial charge in [0.15, 0.2) is 5.13 Å². The summed E-state index contributed by atoms with van der Waals surface area (Å²) in [4.78, 5) is 8.98. The molecule has 1 N–H and O–H groups in total. The van der Waals surface area contributed by atoms with E-state index in [4.69, 9.17) is 0 Å². The minimum atomic E-state index is -1.04. The van der Waals surface area contributed by atoms with Gasteiger partial charge < -0.3 is 10.0 Å². The molecule has 0 spiro atoms. The van der Waals surface area contributed by atoms with Crippen molar-refractivity contribution in [3.63, 3.8) is 0 Å². The SMILES string of the molecule is OC(CN1CCN(c2nc3ccccc3s2)CC1)c1cc(F)ccc1F. The molecule has 0 saturated carbocycles. The summed E-state index contributed by atoms with van der Waals surface area (Å²) in [5.41, 5.74) is 1.02. The number of nitrogens with zero attached hydrogens (tertiary/aromatic N) is 3. The quantitative estimate of drug-likeness (QED) is 0.758. The normalized spacial score (nSPS) is 17.0. The van der Waals surface area contributed by atoms with Gasteiger partial charge in [0, 0.05) is 38.3 Å². The number of piperazine rings is 1. The van der Waals surface area contributed by atoms with Gasteiger partial charge in [0.05, 0.1) is 16.3 Å². The summed E-state index contributed by atoms with van der Waals surface area (Å²) in [5, 5.41) is 11.3. The molecule has 1 aromatic heterocycles. The van der Waals surface area contributed by atoms with E-state index in [-0.39, 0.29) is 12.1 Å². The van der Waals surface area contributed by atoms with Crippen molar-refractivity contribution in [2.24, 2.45) is 0 Å². The summed E-state index contributed by atoms with van der Waals surface area (Å²) in [6, 6.07) is 11.2. The summed E-state index contributed by atoms with van der Waals surface area (Å²) in [5.74, 6) is -1.12. The lowest BCUT2D eigenvalue weighted by molar-refractivity contribution is 0.106. The van der Waals surface area contributed by atoms with E-state index in [0.29, 0.717) is 0 Å². The van der Waals surface area contributed by atoms with Crippen LogP contribution in [-0.4, -0.2) is 47.7 Å². The van der Waals surface area contributed by atoms with Gasteiger partial charge in [-0.2, -0.15) is 0 Å². The van der Waals surface area contributed by atoms with Crippen LogP contribution in [0.2, 0.25) is 0 Å². The van der Waals surface area contributed by atoms with Gasteiger partial charge in [-0.05, 0) is 30.3 Å². The molecule has 2 aromatic carbocycles. The van der Waals surface area contributed by atoms with Gasteiger partial charge in [0.1, 0.15) is 11.6 Å². The molecule has 1 aliphatic heterocycles. The van der Waals surface area contributed by atoms with Gasteiger partial charge >= 0.3 is 0 Å². The zero-order valence-electron chi connectivity index (χ0n) is 14.1. The van der Waals surface area contributed by atoms with Crippen molar-refractivity contribution >= 4 is 26.7 Å². The van der Waals surface area contributed by atoms with Gasteiger partial charge in [-0.25, -0.2) is 13.8 Å². The van der Waals surface area contributed by atoms with Crippen LogP contribution < -0.4 is 4.90 Å². The summed E-state index contributed by atoms with van der Waals surface area (Å²) in [6.07, 6.45) is -1.04. The van der Waals surface area contributed by atoms with Crippen LogP contribution in [0.25, 0.3) is 10.2 Å². The van der Waals surface area contributed by atoms with Crippen molar-refractivity contribution in [3.05, 3.63) is 59.7 Å². The molecule has 1 unspecified atom stereocenters. The van der Waals surface area contributed by atoms with Crippen molar-refractivity contribution in [2.75, 3.05) is 37.6 Å². The molecular formula is C19H19F2N3OS. The Morgan fingerprint density at radius 3 is 2.62 bits per heavy atom. The van der Waals surface area contributed by atoms with Crippen molar-refractivity contribution < 1.29 is 13.9 Å². The Morgan fingerprint density at radius 1 is 1.08 bits per heavy atom. The van der Waals surface area contributed by atoms with Gasteiger partial charge in [-0.3, -0.25) is 4.90 Å². The second kappa shape index (κ2) is 7.26. The van der Waals surface area contributed by atoms with Crippen LogP contribution in [0.5, 0.6) is 0 Å². The first kappa shape index (κ1) is 17.3. The molecule has 1 fully saturated rings. The highest BCUT2D eigenvalue weighted by Gasteiger charge is 2.23. The highest BCUT2D eigenvalue weighted by molar-refractivity contribution is 7.22. The minimum Gasteiger partial charge on any atom is -0.387 e. The van der Waals surface area contributed by atoms with Crippen LogP contribution in [0, 0.1) is 11.6 Å². The van der Waals surface area contributed by atoms with Gasteiger partial charge in [0.2, 0.25) is 0 Å². The molecule has 1 atom stereocenters. The first-order valence-electron chi connectivity index (χ1n) is 8.56. The maximum absolute atomic E-state index is 13.8. The molecule has 0 aliphatic carbocycles. The van der Waals surface area contributed by atoms with Crippen LogP contribution in [0.1, 0.15) is 11.7 Å². The number of anilines is 1. The molecule has 1 aliphatic rings. The van der Waals surface area contributed by atoms with E-state index in [0.717, 1.165) is 55.0 Å². The van der Waals surface area contributed by atoms with E-state index in [1.807, 2.05) is 18.2 Å². The Morgan fingerprint density at radius 2 is 1.85 bits per heavy atom. The minimum absolute atomic E-state index is 0.0126. The molecule has 0 bridgehead atoms. The molecule has 4 nitrogen and oxygen atoms in total. The number of para-hydroxylation sites is 1. The van der Waals surface area contributed by atoms with Gasteiger partial charge in [-0.1, -0.05) is 23.5 Å².